The Morgan fingerprint density at radius 2 is 1.29 bits per heavy atom. The molecule has 0 aliphatic carbocycles. The molecule has 0 spiro atoms. The van der Waals surface area contributed by atoms with Crippen LogP contribution in [0.25, 0.3) is 0 Å². The fourth-order valence-electron chi connectivity index (χ4n) is 7.50. The normalized spacial score (nSPS) is 18.6. The molecule has 3 atom stereocenters. The van der Waals surface area contributed by atoms with Crippen molar-refractivity contribution in [1.82, 2.24) is 10.0 Å². The Balaban J connectivity index is 1.55. The van der Waals surface area contributed by atoms with E-state index in [1.807, 2.05) is 55.5 Å². The van der Waals surface area contributed by atoms with E-state index in [1.165, 1.54) is 30.3 Å². The van der Waals surface area contributed by atoms with Crippen molar-refractivity contribution < 1.29 is 29.2 Å². The molecule has 3 unspecified atom stereocenters. The van der Waals surface area contributed by atoms with Gasteiger partial charge in [0.05, 0.1) is 17.3 Å². The van der Waals surface area contributed by atoms with Gasteiger partial charge in [-0.05, 0) is 65.9 Å². The van der Waals surface area contributed by atoms with Gasteiger partial charge in [-0.3, -0.25) is 0 Å². The van der Waals surface area contributed by atoms with Crippen molar-refractivity contribution in [3.63, 3.8) is 0 Å². The van der Waals surface area contributed by atoms with Crippen LogP contribution in [-0.4, -0.2) is 20.4 Å². The monoisotopic (exact) mass is 717 g/mol. The number of aromatic hydroxyl groups is 4. The highest BCUT2D eigenvalue weighted by molar-refractivity contribution is 6.33. The number of hydrogen-bond donors (Lipinski definition) is 5. The molecule has 0 saturated heterocycles. The number of phenols is 4. The van der Waals surface area contributed by atoms with Crippen molar-refractivity contribution in [1.29, 1.82) is 0 Å². The second kappa shape index (κ2) is 13.7. The summed E-state index contributed by atoms with van der Waals surface area (Å²) >= 11 is 7.06. The minimum absolute atomic E-state index is 0.181. The third kappa shape index (κ3) is 5.70. The first-order chi connectivity index (χ1) is 25.1. The number of para-hydroxylation sites is 2. The fraction of sp³-hybridized carbons (Fsp3) is 0.116. The highest BCUT2D eigenvalue weighted by Crippen LogP contribution is 2.59. The van der Waals surface area contributed by atoms with Crippen molar-refractivity contribution >= 4 is 23.0 Å². The van der Waals surface area contributed by atoms with E-state index in [0.717, 1.165) is 5.56 Å². The van der Waals surface area contributed by atoms with Crippen molar-refractivity contribution in [3.05, 3.63) is 190 Å². The molecular weight excluding hydrogens is 682 g/mol. The molecule has 0 amide bonds. The number of rotatable bonds is 9. The molecular formula is C43H36ClF2N2O4+. The van der Waals surface area contributed by atoms with Gasteiger partial charge < -0.3 is 20.4 Å². The molecule has 0 radical (unpaired) electrons. The van der Waals surface area contributed by atoms with Crippen LogP contribution in [0.15, 0.2) is 140 Å². The number of hydrogen-bond acceptors (Lipinski definition) is 5. The van der Waals surface area contributed by atoms with E-state index in [0.29, 0.717) is 33.1 Å². The zero-order valence-corrected chi connectivity index (χ0v) is 28.9. The first-order valence-electron chi connectivity index (χ1n) is 16.8. The van der Waals surface area contributed by atoms with Crippen molar-refractivity contribution in [2.24, 2.45) is 0 Å². The average molecular weight is 718 g/mol. The summed E-state index contributed by atoms with van der Waals surface area (Å²) in [4.78, 5) is 0. The number of nitrogens with one attached hydrogen (secondary N) is 1. The second-order valence-electron chi connectivity index (χ2n) is 13.0. The summed E-state index contributed by atoms with van der Waals surface area (Å²) in [6.07, 6.45) is 4.02. The van der Waals surface area contributed by atoms with E-state index < -0.39 is 17.3 Å². The third-order valence-electron chi connectivity index (χ3n) is 10.1. The molecule has 9 heteroatoms. The fourth-order valence-corrected chi connectivity index (χ4v) is 7.76. The molecule has 5 N–H and O–H groups in total. The molecule has 0 saturated carbocycles. The average Bonchev–Trinajstić information content (AvgIpc) is 3.53. The van der Waals surface area contributed by atoms with E-state index >= 15 is 0 Å². The van der Waals surface area contributed by atoms with Gasteiger partial charge in [0, 0.05) is 47.9 Å². The Morgan fingerprint density at radius 1 is 0.673 bits per heavy atom. The van der Waals surface area contributed by atoms with Crippen molar-refractivity contribution in [2.45, 2.75) is 31.2 Å². The lowest BCUT2D eigenvalue weighted by Gasteiger charge is -2.47. The number of benzene rings is 6. The lowest BCUT2D eigenvalue weighted by atomic mass is 9.76. The van der Waals surface area contributed by atoms with Gasteiger partial charge in [-0.25, -0.2) is 14.2 Å². The summed E-state index contributed by atoms with van der Waals surface area (Å²) in [7, 11) is 0. The molecule has 6 aromatic carbocycles. The van der Waals surface area contributed by atoms with Crippen molar-refractivity contribution in [2.75, 3.05) is 0 Å². The van der Waals surface area contributed by atoms with E-state index in [-0.39, 0.29) is 57.4 Å². The summed E-state index contributed by atoms with van der Waals surface area (Å²) in [6, 6.07) is 34.9. The van der Waals surface area contributed by atoms with E-state index in [1.54, 1.807) is 60.8 Å². The van der Waals surface area contributed by atoms with E-state index in [9.17, 15) is 29.2 Å². The largest absolute Gasteiger partial charge is 0.508 e. The number of halogens is 3. The zero-order valence-electron chi connectivity index (χ0n) is 28.1. The molecule has 6 nitrogen and oxygen atoms in total. The minimum atomic E-state index is -1.58. The zero-order chi connectivity index (χ0) is 36.6. The van der Waals surface area contributed by atoms with Gasteiger partial charge >= 0.3 is 0 Å². The molecule has 1 heterocycles. The van der Waals surface area contributed by atoms with E-state index in [2.05, 4.69) is 5.43 Å². The predicted octanol–water partition coefficient (Wildman–Crippen LogP) is 9.99. The van der Waals surface area contributed by atoms with Gasteiger partial charge in [-0.1, -0.05) is 79.2 Å². The van der Waals surface area contributed by atoms with Gasteiger partial charge in [-0.2, -0.15) is 0 Å². The van der Waals surface area contributed by atoms with Gasteiger partial charge in [0.2, 0.25) is 5.54 Å². The maximum Gasteiger partial charge on any atom is 0.210 e. The van der Waals surface area contributed by atoms with Gasteiger partial charge in [0.25, 0.3) is 0 Å². The number of phenolic OH excluding ortho intramolecular Hbond substituents is 4. The van der Waals surface area contributed by atoms with Crippen LogP contribution in [0, 0.1) is 11.6 Å². The van der Waals surface area contributed by atoms with Gasteiger partial charge in [0.1, 0.15) is 39.7 Å². The maximum atomic E-state index is 14.7. The Morgan fingerprint density at radius 3 is 2.00 bits per heavy atom. The topological polar surface area (TPSA) is 93.0 Å². The molecule has 0 fully saturated rings. The molecule has 7 rings (SSSR count). The predicted molar refractivity (Wildman–Crippen MR) is 200 cm³/mol. The second-order valence-corrected chi connectivity index (χ2v) is 13.4. The number of nitrogens with zero attached hydrogens (tertiary/aromatic N) is 1. The summed E-state index contributed by atoms with van der Waals surface area (Å²) in [5.41, 5.74) is 5.78. The van der Waals surface area contributed by atoms with Crippen LogP contribution in [0.4, 0.5) is 20.2 Å². The summed E-state index contributed by atoms with van der Waals surface area (Å²) in [6.45, 7) is 1.87. The van der Waals surface area contributed by atoms with Crippen LogP contribution >= 0.6 is 11.6 Å². The Labute approximate surface area is 305 Å². The number of aryl methyl sites for hydroxylation is 2. The lowest BCUT2D eigenvalue weighted by Crippen LogP contribution is -2.63. The number of quaternary nitrogens is 1. The van der Waals surface area contributed by atoms with Gasteiger partial charge in [-0.15, -0.1) is 4.59 Å². The molecule has 6 aromatic rings. The smallest absolute Gasteiger partial charge is 0.210 e. The van der Waals surface area contributed by atoms with Crippen LogP contribution in [0.5, 0.6) is 23.0 Å². The highest BCUT2D eigenvalue weighted by atomic mass is 35.5. The molecule has 52 heavy (non-hydrogen) atoms. The van der Waals surface area contributed by atoms with Crippen LogP contribution in [0.1, 0.15) is 46.2 Å². The molecule has 1 aliphatic rings. The van der Waals surface area contributed by atoms with Gasteiger partial charge in [0.15, 0.2) is 11.4 Å². The molecule has 262 valence electrons. The lowest BCUT2D eigenvalue weighted by molar-refractivity contribution is 0.220. The molecule has 1 aliphatic heterocycles. The Bertz CT molecular complexity index is 2300. The van der Waals surface area contributed by atoms with Crippen LogP contribution in [0.3, 0.4) is 0 Å². The van der Waals surface area contributed by atoms with Crippen LogP contribution in [-0.2, 0) is 18.4 Å². The minimum Gasteiger partial charge on any atom is -0.508 e. The summed E-state index contributed by atoms with van der Waals surface area (Å²) in [5, 5.41) is 46.9. The van der Waals surface area contributed by atoms with Crippen molar-refractivity contribution in [3.8, 4) is 23.0 Å². The first-order valence-corrected chi connectivity index (χ1v) is 17.2. The summed E-state index contributed by atoms with van der Waals surface area (Å²) < 4.78 is 28.3. The van der Waals surface area contributed by atoms with Crippen LogP contribution in [0.2, 0.25) is 5.02 Å². The third-order valence-corrected chi connectivity index (χ3v) is 10.4. The Hall–Kier alpha value is -5.83. The molecule has 0 bridgehead atoms. The standard InChI is InChI=1S/C43H35ClF2N2O4/c1-27(28-17-19-31(45)20-18-28)33-24-35(42(52)26-40(33)50)43(34-23-30(39(49)25-41(34)51)16-15-29-9-5-7-13-37(29)46)21-22-47-48(43,32-10-3-2-4-11-32)38-14-8-6-12-36(38)44/h2-14,17-27,47H,15-16H2,1H3,(H3-,49,50,51,52)/p+1. The first kappa shape index (κ1) is 34.6. The Kier molecular flexibility index (Phi) is 9.13. The van der Waals surface area contributed by atoms with E-state index in [4.69, 9.17) is 11.6 Å². The summed E-state index contributed by atoms with van der Waals surface area (Å²) in [5.74, 6) is -2.16. The van der Waals surface area contributed by atoms with Crippen LogP contribution < -0.4 is 10.0 Å². The highest BCUT2D eigenvalue weighted by Gasteiger charge is 2.62. The quantitative estimate of drug-likeness (QED) is 0.0961. The SMILES string of the molecule is CC(c1ccc(F)cc1)c1cc(C2(c3cc(CCc4ccccc4F)c(O)cc3O)C=CN[N+]2(c2ccccc2)c2ccccc2Cl)c(O)cc1O. The maximum absolute atomic E-state index is 14.7. The molecule has 0 aromatic heterocycles.